The lowest BCUT2D eigenvalue weighted by Crippen LogP contribution is -1.99. The summed E-state index contributed by atoms with van der Waals surface area (Å²) in [4.78, 5) is 0. The molecule has 0 aromatic heterocycles. The molecule has 0 spiro atoms. The lowest BCUT2D eigenvalue weighted by Gasteiger charge is -2.12. The van der Waals surface area contributed by atoms with Gasteiger partial charge < -0.3 is 4.74 Å². The Labute approximate surface area is 129 Å². The maximum Gasteiger partial charge on any atom is 0.125 e. The number of benzene rings is 2. The molecule has 100 valence electrons. The van der Waals surface area contributed by atoms with Crippen LogP contribution in [0.2, 0.25) is 10.0 Å². The molecule has 0 aliphatic heterocycles. The van der Waals surface area contributed by atoms with E-state index >= 15 is 0 Å². The predicted molar refractivity (Wildman–Crippen MR) is 79.8 cm³/mol. The van der Waals surface area contributed by atoms with Crippen molar-refractivity contribution in [2.45, 2.75) is 11.9 Å². The maximum atomic E-state index is 13.1. The molecule has 0 aliphatic carbocycles. The van der Waals surface area contributed by atoms with Gasteiger partial charge in [0, 0.05) is 26.5 Å². The van der Waals surface area contributed by atoms with Crippen molar-refractivity contribution < 1.29 is 9.13 Å². The summed E-state index contributed by atoms with van der Waals surface area (Å²) in [6.45, 7) is 0.191. The fraction of sp³-hybridized carbons (Fsp3) is 0.143. The number of hydrogen-bond donors (Lipinski definition) is 0. The normalized spacial score (nSPS) is 10.5. The van der Waals surface area contributed by atoms with Crippen LogP contribution in [0.15, 0.2) is 36.4 Å². The van der Waals surface area contributed by atoms with Gasteiger partial charge in [-0.1, -0.05) is 45.2 Å². The zero-order valence-corrected chi connectivity index (χ0v) is 12.9. The number of ether oxygens (including phenoxy) is 1. The third kappa shape index (κ3) is 3.62. The van der Waals surface area contributed by atoms with E-state index in [4.69, 9.17) is 27.9 Å². The highest BCUT2D eigenvalue weighted by atomic mass is 79.9. The minimum absolute atomic E-state index is 0.191. The summed E-state index contributed by atoms with van der Waals surface area (Å²) < 4.78 is 18.8. The molecule has 0 aliphatic rings. The van der Waals surface area contributed by atoms with Crippen LogP contribution in [-0.4, -0.2) is 0 Å². The first-order valence-electron chi connectivity index (χ1n) is 5.52. The average Bonchev–Trinajstić information content (AvgIpc) is 2.40. The molecule has 0 radical (unpaired) electrons. The Hall–Kier alpha value is -0.770. The molecule has 0 saturated heterocycles. The lowest BCUT2D eigenvalue weighted by molar-refractivity contribution is 0.303. The van der Waals surface area contributed by atoms with E-state index in [2.05, 4.69) is 15.9 Å². The molecule has 0 unspecified atom stereocenters. The number of rotatable bonds is 4. The van der Waals surface area contributed by atoms with Gasteiger partial charge in [-0.05, 0) is 30.3 Å². The van der Waals surface area contributed by atoms with E-state index in [0.29, 0.717) is 26.7 Å². The first-order valence-corrected chi connectivity index (χ1v) is 7.39. The van der Waals surface area contributed by atoms with E-state index in [9.17, 15) is 4.39 Å². The number of halogens is 4. The summed E-state index contributed by atoms with van der Waals surface area (Å²) in [5.41, 5.74) is 1.46. The largest absolute Gasteiger partial charge is 0.488 e. The Morgan fingerprint density at radius 1 is 1.11 bits per heavy atom. The van der Waals surface area contributed by atoms with Gasteiger partial charge in [0.25, 0.3) is 0 Å². The van der Waals surface area contributed by atoms with E-state index in [1.54, 1.807) is 12.1 Å². The Balaban J connectivity index is 2.19. The van der Waals surface area contributed by atoms with Crippen molar-refractivity contribution in [3.8, 4) is 5.75 Å². The molecule has 0 saturated carbocycles. The molecule has 19 heavy (non-hydrogen) atoms. The zero-order chi connectivity index (χ0) is 13.8. The summed E-state index contributed by atoms with van der Waals surface area (Å²) in [6.07, 6.45) is 0. The summed E-state index contributed by atoms with van der Waals surface area (Å²) in [5, 5.41) is 1.68. The van der Waals surface area contributed by atoms with Gasteiger partial charge in [-0.3, -0.25) is 0 Å². The van der Waals surface area contributed by atoms with Gasteiger partial charge in [-0.15, -0.1) is 0 Å². The van der Waals surface area contributed by atoms with Gasteiger partial charge in [0.2, 0.25) is 0 Å². The topological polar surface area (TPSA) is 9.23 Å². The molecular weight excluding hydrogens is 354 g/mol. The molecule has 0 fully saturated rings. The molecule has 0 heterocycles. The minimum Gasteiger partial charge on any atom is -0.488 e. The molecule has 0 atom stereocenters. The van der Waals surface area contributed by atoms with Gasteiger partial charge in [-0.2, -0.15) is 0 Å². The fourth-order valence-electron chi connectivity index (χ4n) is 1.61. The van der Waals surface area contributed by atoms with Crippen LogP contribution in [0.25, 0.3) is 0 Å². The van der Waals surface area contributed by atoms with Crippen molar-refractivity contribution in [2.75, 3.05) is 0 Å². The smallest absolute Gasteiger partial charge is 0.125 e. The van der Waals surface area contributed by atoms with Crippen molar-refractivity contribution >= 4 is 39.1 Å². The van der Waals surface area contributed by atoms with E-state index < -0.39 is 0 Å². The van der Waals surface area contributed by atoms with Crippen LogP contribution in [0.4, 0.5) is 4.39 Å². The lowest BCUT2D eigenvalue weighted by atomic mass is 10.2. The Morgan fingerprint density at radius 2 is 1.89 bits per heavy atom. The quantitative estimate of drug-likeness (QED) is 0.642. The zero-order valence-electron chi connectivity index (χ0n) is 9.80. The third-order valence-electron chi connectivity index (χ3n) is 2.60. The van der Waals surface area contributed by atoms with Crippen LogP contribution in [0.1, 0.15) is 11.1 Å². The molecule has 2 aromatic carbocycles. The highest BCUT2D eigenvalue weighted by Gasteiger charge is 2.08. The van der Waals surface area contributed by atoms with Crippen LogP contribution in [0, 0.1) is 5.82 Å². The van der Waals surface area contributed by atoms with E-state index in [0.717, 1.165) is 5.56 Å². The average molecular weight is 364 g/mol. The number of alkyl halides is 1. The van der Waals surface area contributed by atoms with Gasteiger partial charge in [0.1, 0.15) is 18.2 Å². The molecule has 0 amide bonds. The van der Waals surface area contributed by atoms with Gasteiger partial charge >= 0.3 is 0 Å². The van der Waals surface area contributed by atoms with Gasteiger partial charge in [-0.25, -0.2) is 4.39 Å². The van der Waals surface area contributed by atoms with Crippen molar-refractivity contribution in [3.63, 3.8) is 0 Å². The minimum atomic E-state index is -0.338. The molecule has 2 rings (SSSR count). The van der Waals surface area contributed by atoms with Crippen molar-refractivity contribution in [1.29, 1.82) is 0 Å². The van der Waals surface area contributed by atoms with Crippen LogP contribution in [-0.2, 0) is 11.9 Å². The first kappa shape index (κ1) is 14.6. The van der Waals surface area contributed by atoms with Crippen molar-refractivity contribution in [2.24, 2.45) is 0 Å². The van der Waals surface area contributed by atoms with Crippen molar-refractivity contribution in [1.82, 2.24) is 0 Å². The number of hydrogen-bond acceptors (Lipinski definition) is 1. The van der Waals surface area contributed by atoms with E-state index in [1.807, 2.05) is 6.07 Å². The highest BCUT2D eigenvalue weighted by Crippen LogP contribution is 2.29. The van der Waals surface area contributed by atoms with Gasteiger partial charge in [0.05, 0.1) is 0 Å². The summed E-state index contributed by atoms with van der Waals surface area (Å²) in [5.74, 6) is 0.319. The third-order valence-corrected chi connectivity index (χ3v) is 3.88. The second-order valence-corrected chi connectivity index (χ2v) is 5.25. The SMILES string of the molecule is Fc1ccc(Cl)c(COc2cccc(Cl)c2CBr)c1. The highest BCUT2D eigenvalue weighted by molar-refractivity contribution is 9.08. The fourth-order valence-corrected chi connectivity index (χ4v) is 2.76. The van der Waals surface area contributed by atoms with Crippen LogP contribution < -0.4 is 4.74 Å². The summed E-state index contributed by atoms with van der Waals surface area (Å²) in [6, 6.07) is 9.60. The Kier molecular flexibility index (Phi) is 5.08. The Morgan fingerprint density at radius 3 is 2.63 bits per heavy atom. The van der Waals surface area contributed by atoms with Crippen LogP contribution in [0.3, 0.4) is 0 Å². The Bertz CT molecular complexity index is 590. The molecule has 2 aromatic rings. The molecular formula is C14H10BrCl2FO. The van der Waals surface area contributed by atoms with Crippen LogP contribution in [0.5, 0.6) is 5.75 Å². The monoisotopic (exact) mass is 362 g/mol. The molecule has 1 nitrogen and oxygen atoms in total. The first-order chi connectivity index (χ1) is 9.11. The standard InChI is InChI=1S/C14H10BrCl2FO/c15-7-11-13(17)2-1-3-14(11)19-8-9-6-10(18)4-5-12(9)16/h1-6H,7-8H2. The predicted octanol–water partition coefficient (Wildman–Crippen LogP) is 5.61. The molecule has 0 bridgehead atoms. The van der Waals surface area contributed by atoms with Crippen LogP contribution >= 0.6 is 39.1 Å². The van der Waals surface area contributed by atoms with E-state index in [1.165, 1.54) is 18.2 Å². The van der Waals surface area contributed by atoms with E-state index in [-0.39, 0.29) is 12.4 Å². The maximum absolute atomic E-state index is 13.1. The summed E-state index contributed by atoms with van der Waals surface area (Å²) >= 11 is 15.4. The second kappa shape index (κ2) is 6.60. The van der Waals surface area contributed by atoms with Crippen molar-refractivity contribution in [3.05, 3.63) is 63.4 Å². The van der Waals surface area contributed by atoms with Gasteiger partial charge in [0.15, 0.2) is 0 Å². The molecule has 5 heteroatoms. The second-order valence-electron chi connectivity index (χ2n) is 3.87. The summed E-state index contributed by atoms with van der Waals surface area (Å²) in [7, 11) is 0. The molecule has 0 N–H and O–H groups in total.